The Kier molecular flexibility index (Phi) is 2.37. The molecule has 0 unspecified atom stereocenters. The van der Waals surface area contributed by atoms with Crippen molar-refractivity contribution in [3.05, 3.63) is 47.9 Å². The molecule has 1 aromatic heterocycles. The van der Waals surface area contributed by atoms with Gasteiger partial charge >= 0.3 is 0 Å². The lowest BCUT2D eigenvalue weighted by Gasteiger charge is -2.06. The van der Waals surface area contributed by atoms with Crippen LogP contribution in [0.25, 0.3) is 11.1 Å². The van der Waals surface area contributed by atoms with E-state index in [0.717, 1.165) is 11.1 Å². The second-order valence-corrected chi connectivity index (χ2v) is 3.40. The molecule has 15 heavy (non-hydrogen) atoms. The maximum Gasteiger partial charge on any atom is 0.131 e. The number of benzene rings is 1. The molecule has 3 heteroatoms. The van der Waals surface area contributed by atoms with E-state index in [4.69, 9.17) is 5.73 Å². The van der Waals surface area contributed by atoms with E-state index in [0.29, 0.717) is 11.4 Å². The summed E-state index contributed by atoms with van der Waals surface area (Å²) in [5.41, 5.74) is 7.80. The third-order valence-corrected chi connectivity index (χ3v) is 2.30. The maximum absolute atomic E-state index is 13.5. The lowest BCUT2D eigenvalue weighted by Crippen LogP contribution is -1.94. The number of halogens is 1. The average Bonchev–Trinajstić information content (AvgIpc) is 2.20. The molecule has 0 atom stereocenters. The highest BCUT2D eigenvalue weighted by Gasteiger charge is 2.07. The summed E-state index contributed by atoms with van der Waals surface area (Å²) in [6.45, 7) is 1.89. The van der Waals surface area contributed by atoms with Gasteiger partial charge in [-0.1, -0.05) is 18.2 Å². The SMILES string of the molecule is Cc1cc(N)ncc1-c1ccccc1F. The van der Waals surface area contributed by atoms with Gasteiger partial charge < -0.3 is 5.73 Å². The van der Waals surface area contributed by atoms with Gasteiger partial charge in [0.1, 0.15) is 11.6 Å². The molecule has 2 N–H and O–H groups in total. The van der Waals surface area contributed by atoms with E-state index in [1.807, 2.05) is 6.92 Å². The molecule has 0 amide bonds. The van der Waals surface area contributed by atoms with Gasteiger partial charge in [-0.15, -0.1) is 0 Å². The van der Waals surface area contributed by atoms with Crippen LogP contribution in [0.5, 0.6) is 0 Å². The third kappa shape index (κ3) is 1.81. The van der Waals surface area contributed by atoms with Crippen LogP contribution in [0.4, 0.5) is 10.2 Å². The molecule has 76 valence electrons. The Balaban J connectivity index is 2.60. The highest BCUT2D eigenvalue weighted by atomic mass is 19.1. The Morgan fingerprint density at radius 2 is 1.93 bits per heavy atom. The van der Waals surface area contributed by atoms with Gasteiger partial charge in [-0.2, -0.15) is 0 Å². The van der Waals surface area contributed by atoms with Crippen LogP contribution in [-0.2, 0) is 0 Å². The Morgan fingerprint density at radius 1 is 1.20 bits per heavy atom. The molecular formula is C12H11FN2. The van der Waals surface area contributed by atoms with Crippen molar-refractivity contribution in [2.24, 2.45) is 0 Å². The second-order valence-electron chi connectivity index (χ2n) is 3.40. The average molecular weight is 202 g/mol. The maximum atomic E-state index is 13.5. The normalized spacial score (nSPS) is 10.3. The summed E-state index contributed by atoms with van der Waals surface area (Å²) in [6, 6.07) is 8.37. The quantitative estimate of drug-likeness (QED) is 0.772. The Hall–Kier alpha value is -1.90. The van der Waals surface area contributed by atoms with Crippen LogP contribution < -0.4 is 5.73 Å². The first-order valence-corrected chi connectivity index (χ1v) is 4.65. The molecular weight excluding hydrogens is 191 g/mol. The molecule has 0 fully saturated rings. The monoisotopic (exact) mass is 202 g/mol. The molecule has 0 radical (unpaired) electrons. The minimum absolute atomic E-state index is 0.243. The van der Waals surface area contributed by atoms with Gasteiger partial charge in [0.05, 0.1) is 0 Å². The number of aromatic nitrogens is 1. The summed E-state index contributed by atoms with van der Waals surface area (Å²) in [5, 5.41) is 0. The first-order chi connectivity index (χ1) is 7.18. The summed E-state index contributed by atoms with van der Waals surface area (Å²) < 4.78 is 13.5. The van der Waals surface area contributed by atoms with Gasteiger partial charge in [-0.25, -0.2) is 9.37 Å². The number of nitrogens with zero attached hydrogens (tertiary/aromatic N) is 1. The summed E-state index contributed by atoms with van der Waals surface area (Å²) in [6.07, 6.45) is 1.60. The third-order valence-electron chi connectivity index (χ3n) is 2.30. The van der Waals surface area contributed by atoms with Crippen LogP contribution in [0.1, 0.15) is 5.56 Å². The number of nitrogens with two attached hydrogens (primary N) is 1. The second kappa shape index (κ2) is 3.69. The molecule has 0 bridgehead atoms. The lowest BCUT2D eigenvalue weighted by molar-refractivity contribution is 0.631. The number of rotatable bonds is 1. The number of pyridine rings is 1. The summed E-state index contributed by atoms with van der Waals surface area (Å²) in [4.78, 5) is 3.97. The minimum atomic E-state index is -0.243. The number of aryl methyl sites for hydroxylation is 1. The molecule has 2 rings (SSSR count). The van der Waals surface area contributed by atoms with E-state index >= 15 is 0 Å². The molecule has 0 saturated carbocycles. The van der Waals surface area contributed by atoms with E-state index in [9.17, 15) is 4.39 Å². The molecule has 0 spiro atoms. The number of nitrogen functional groups attached to an aromatic ring is 1. The van der Waals surface area contributed by atoms with E-state index in [-0.39, 0.29) is 5.82 Å². The minimum Gasteiger partial charge on any atom is -0.384 e. The predicted octanol–water partition coefficient (Wildman–Crippen LogP) is 2.78. The highest BCUT2D eigenvalue weighted by molar-refractivity contribution is 5.67. The first-order valence-electron chi connectivity index (χ1n) is 4.65. The molecule has 1 heterocycles. The zero-order chi connectivity index (χ0) is 10.8. The molecule has 0 aliphatic rings. The zero-order valence-electron chi connectivity index (χ0n) is 8.37. The number of hydrogen-bond acceptors (Lipinski definition) is 2. The van der Waals surface area contributed by atoms with Gasteiger partial charge in [-0.05, 0) is 24.6 Å². The molecule has 0 aliphatic carbocycles. The van der Waals surface area contributed by atoms with E-state index < -0.39 is 0 Å². The topological polar surface area (TPSA) is 38.9 Å². The molecule has 2 nitrogen and oxygen atoms in total. The summed E-state index contributed by atoms with van der Waals surface area (Å²) in [5.74, 6) is 0.208. The van der Waals surface area contributed by atoms with Gasteiger partial charge in [0.2, 0.25) is 0 Å². The van der Waals surface area contributed by atoms with Crippen LogP contribution in [0.3, 0.4) is 0 Å². The number of anilines is 1. The van der Waals surface area contributed by atoms with Crippen molar-refractivity contribution < 1.29 is 4.39 Å². The van der Waals surface area contributed by atoms with Crippen LogP contribution in [0.15, 0.2) is 36.5 Å². The molecule has 2 aromatic rings. The van der Waals surface area contributed by atoms with Gasteiger partial charge in [0.15, 0.2) is 0 Å². The van der Waals surface area contributed by atoms with Crippen LogP contribution >= 0.6 is 0 Å². The fourth-order valence-electron chi connectivity index (χ4n) is 1.54. The fraction of sp³-hybridized carbons (Fsp3) is 0.0833. The fourth-order valence-corrected chi connectivity index (χ4v) is 1.54. The van der Waals surface area contributed by atoms with Crippen molar-refractivity contribution in [2.75, 3.05) is 5.73 Å². The van der Waals surface area contributed by atoms with E-state index in [1.165, 1.54) is 6.07 Å². The first kappa shape index (κ1) is 9.65. The van der Waals surface area contributed by atoms with Crippen molar-refractivity contribution in [3.8, 4) is 11.1 Å². The van der Waals surface area contributed by atoms with Gasteiger partial charge in [0, 0.05) is 17.3 Å². The largest absolute Gasteiger partial charge is 0.384 e. The van der Waals surface area contributed by atoms with Crippen LogP contribution in [0, 0.1) is 12.7 Å². The van der Waals surface area contributed by atoms with Crippen molar-refractivity contribution in [2.45, 2.75) is 6.92 Å². The van der Waals surface area contributed by atoms with Crippen LogP contribution in [-0.4, -0.2) is 4.98 Å². The lowest BCUT2D eigenvalue weighted by atomic mass is 10.0. The Labute approximate surface area is 87.6 Å². The standard InChI is InChI=1S/C12H11FN2/c1-8-6-12(14)15-7-10(8)9-4-2-3-5-11(9)13/h2-7H,1H3,(H2,14,15). The van der Waals surface area contributed by atoms with Crippen LogP contribution in [0.2, 0.25) is 0 Å². The Morgan fingerprint density at radius 3 is 2.60 bits per heavy atom. The van der Waals surface area contributed by atoms with Crippen molar-refractivity contribution >= 4 is 5.82 Å². The summed E-state index contributed by atoms with van der Waals surface area (Å²) >= 11 is 0. The molecule has 0 aliphatic heterocycles. The zero-order valence-corrected chi connectivity index (χ0v) is 8.37. The summed E-state index contributed by atoms with van der Waals surface area (Å²) in [7, 11) is 0. The van der Waals surface area contributed by atoms with Crippen molar-refractivity contribution in [1.82, 2.24) is 4.98 Å². The van der Waals surface area contributed by atoms with Gasteiger partial charge in [-0.3, -0.25) is 0 Å². The Bertz CT molecular complexity index is 495. The molecule has 0 saturated heterocycles. The van der Waals surface area contributed by atoms with E-state index in [2.05, 4.69) is 4.98 Å². The molecule has 1 aromatic carbocycles. The predicted molar refractivity (Wildman–Crippen MR) is 58.8 cm³/mol. The smallest absolute Gasteiger partial charge is 0.131 e. The van der Waals surface area contributed by atoms with Crippen molar-refractivity contribution in [3.63, 3.8) is 0 Å². The van der Waals surface area contributed by atoms with E-state index in [1.54, 1.807) is 30.5 Å². The van der Waals surface area contributed by atoms with Crippen molar-refractivity contribution in [1.29, 1.82) is 0 Å². The van der Waals surface area contributed by atoms with Gasteiger partial charge in [0.25, 0.3) is 0 Å². The number of hydrogen-bond donors (Lipinski definition) is 1. The highest BCUT2D eigenvalue weighted by Crippen LogP contribution is 2.25.